The zero-order chi connectivity index (χ0) is 15.9. The highest BCUT2D eigenvalue weighted by atomic mass is 19.1. The summed E-state index contributed by atoms with van der Waals surface area (Å²) in [4.78, 5) is 12.6. The van der Waals surface area contributed by atoms with Gasteiger partial charge in [-0.25, -0.2) is 4.39 Å². The Labute approximate surface area is 131 Å². The van der Waals surface area contributed by atoms with E-state index in [1.807, 2.05) is 0 Å². The summed E-state index contributed by atoms with van der Waals surface area (Å²) >= 11 is 0. The Morgan fingerprint density at radius 3 is 2.61 bits per heavy atom. The molecule has 0 radical (unpaired) electrons. The third kappa shape index (κ3) is 2.42. The molecule has 116 valence electrons. The van der Waals surface area contributed by atoms with Crippen molar-refractivity contribution in [3.8, 4) is 11.5 Å². The van der Waals surface area contributed by atoms with Gasteiger partial charge in [-0.2, -0.15) is 0 Å². The molecule has 0 spiro atoms. The Morgan fingerprint density at radius 1 is 1.17 bits per heavy atom. The summed E-state index contributed by atoms with van der Waals surface area (Å²) in [5.74, 6) is 0.552. The summed E-state index contributed by atoms with van der Waals surface area (Å²) in [6, 6.07) is 10.9. The van der Waals surface area contributed by atoms with Gasteiger partial charge in [0.05, 0.1) is 17.4 Å². The predicted octanol–water partition coefficient (Wildman–Crippen LogP) is 3.74. The van der Waals surface area contributed by atoms with Crippen molar-refractivity contribution in [2.24, 2.45) is 0 Å². The van der Waals surface area contributed by atoms with Gasteiger partial charge in [-0.3, -0.25) is 4.79 Å². The third-order valence-corrected chi connectivity index (χ3v) is 4.05. The van der Waals surface area contributed by atoms with Gasteiger partial charge in [0, 0.05) is 11.8 Å². The van der Waals surface area contributed by atoms with E-state index in [1.54, 1.807) is 24.5 Å². The van der Waals surface area contributed by atoms with E-state index in [0.29, 0.717) is 35.7 Å². The Kier molecular flexibility index (Phi) is 3.04. The normalized spacial score (nSPS) is 15.3. The van der Waals surface area contributed by atoms with Crippen LogP contribution in [0.4, 0.5) is 10.1 Å². The number of rotatable bonds is 4. The van der Waals surface area contributed by atoms with Gasteiger partial charge in [0.2, 0.25) is 11.7 Å². The van der Waals surface area contributed by atoms with E-state index in [1.165, 1.54) is 24.3 Å². The molecule has 1 fully saturated rings. The molecule has 1 N–H and O–H groups in total. The molecule has 0 atom stereocenters. The standard InChI is InChI=1S/C17H13FN2O3/c18-11-3-5-12(6-4-11)19-16(21)17(7-8-17)15-10-14(23-20-15)13-2-1-9-22-13/h1-6,9-10H,7-8H2,(H,19,21). The smallest absolute Gasteiger partial charge is 0.236 e. The molecule has 0 saturated heterocycles. The number of halogens is 1. The van der Waals surface area contributed by atoms with Gasteiger partial charge in [0.15, 0.2) is 5.76 Å². The number of furan rings is 1. The van der Waals surface area contributed by atoms with Crippen molar-refractivity contribution in [2.75, 3.05) is 5.32 Å². The van der Waals surface area contributed by atoms with E-state index in [-0.39, 0.29) is 11.7 Å². The van der Waals surface area contributed by atoms with Crippen molar-refractivity contribution in [1.29, 1.82) is 0 Å². The minimum absolute atomic E-state index is 0.164. The Morgan fingerprint density at radius 2 is 1.96 bits per heavy atom. The first kappa shape index (κ1) is 13.8. The lowest BCUT2D eigenvalue weighted by Crippen LogP contribution is -2.28. The van der Waals surface area contributed by atoms with Crippen LogP contribution in [0.1, 0.15) is 18.5 Å². The second-order valence-corrected chi connectivity index (χ2v) is 5.60. The fraction of sp³-hybridized carbons (Fsp3) is 0.176. The molecule has 1 aliphatic carbocycles. The van der Waals surface area contributed by atoms with E-state index in [0.717, 1.165) is 0 Å². The van der Waals surface area contributed by atoms with Crippen LogP contribution in [0.25, 0.3) is 11.5 Å². The van der Waals surface area contributed by atoms with Gasteiger partial charge in [0.25, 0.3) is 0 Å². The lowest BCUT2D eigenvalue weighted by Gasteiger charge is -2.12. The van der Waals surface area contributed by atoms with Crippen molar-refractivity contribution in [3.63, 3.8) is 0 Å². The maximum Gasteiger partial charge on any atom is 0.236 e. The van der Waals surface area contributed by atoms with Crippen molar-refractivity contribution >= 4 is 11.6 Å². The number of hydrogen-bond acceptors (Lipinski definition) is 4. The molecular weight excluding hydrogens is 299 g/mol. The highest BCUT2D eigenvalue weighted by Crippen LogP contribution is 2.49. The summed E-state index contributed by atoms with van der Waals surface area (Å²) in [6.45, 7) is 0. The van der Waals surface area contributed by atoms with Gasteiger partial charge in [-0.05, 0) is 49.2 Å². The van der Waals surface area contributed by atoms with Gasteiger partial charge < -0.3 is 14.3 Å². The van der Waals surface area contributed by atoms with Gasteiger partial charge in [0.1, 0.15) is 5.82 Å². The average molecular weight is 312 g/mol. The van der Waals surface area contributed by atoms with Crippen LogP contribution in [-0.4, -0.2) is 11.1 Å². The number of aromatic nitrogens is 1. The monoisotopic (exact) mass is 312 g/mol. The van der Waals surface area contributed by atoms with Crippen LogP contribution in [0, 0.1) is 5.82 Å². The highest BCUT2D eigenvalue weighted by molar-refractivity contribution is 6.01. The second-order valence-electron chi connectivity index (χ2n) is 5.60. The first-order valence-corrected chi connectivity index (χ1v) is 7.25. The Hall–Kier alpha value is -2.89. The largest absolute Gasteiger partial charge is 0.461 e. The number of anilines is 1. The van der Waals surface area contributed by atoms with Crippen molar-refractivity contribution in [3.05, 3.63) is 60.2 Å². The molecule has 1 aliphatic rings. The molecule has 2 heterocycles. The third-order valence-electron chi connectivity index (χ3n) is 4.05. The van der Waals surface area contributed by atoms with E-state index < -0.39 is 5.41 Å². The molecule has 1 amide bonds. The molecule has 0 unspecified atom stereocenters. The Balaban J connectivity index is 1.56. The first-order chi connectivity index (χ1) is 11.2. The summed E-state index contributed by atoms with van der Waals surface area (Å²) < 4.78 is 23.5. The minimum Gasteiger partial charge on any atom is -0.461 e. The van der Waals surface area contributed by atoms with E-state index in [9.17, 15) is 9.18 Å². The van der Waals surface area contributed by atoms with Crippen LogP contribution >= 0.6 is 0 Å². The predicted molar refractivity (Wildman–Crippen MR) is 80.1 cm³/mol. The quantitative estimate of drug-likeness (QED) is 0.796. The molecule has 3 aromatic rings. The van der Waals surface area contributed by atoms with Crippen LogP contribution in [0.3, 0.4) is 0 Å². The molecule has 1 aromatic carbocycles. The van der Waals surface area contributed by atoms with Gasteiger partial charge in [-0.15, -0.1) is 0 Å². The van der Waals surface area contributed by atoms with Gasteiger partial charge in [-0.1, -0.05) is 5.16 Å². The maximum absolute atomic E-state index is 12.9. The fourth-order valence-corrected chi connectivity index (χ4v) is 2.54. The lowest BCUT2D eigenvalue weighted by molar-refractivity contribution is -0.118. The molecular formula is C17H13FN2O3. The molecule has 1 saturated carbocycles. The minimum atomic E-state index is -0.678. The van der Waals surface area contributed by atoms with E-state index >= 15 is 0 Å². The maximum atomic E-state index is 12.9. The highest BCUT2D eigenvalue weighted by Gasteiger charge is 2.53. The number of benzene rings is 1. The molecule has 5 nitrogen and oxygen atoms in total. The summed E-state index contributed by atoms with van der Waals surface area (Å²) in [7, 11) is 0. The van der Waals surface area contributed by atoms with Gasteiger partial charge >= 0.3 is 0 Å². The van der Waals surface area contributed by atoms with Crippen molar-refractivity contribution < 1.29 is 18.1 Å². The summed E-state index contributed by atoms with van der Waals surface area (Å²) in [5, 5.41) is 6.83. The zero-order valence-corrected chi connectivity index (χ0v) is 12.1. The van der Waals surface area contributed by atoms with E-state index in [2.05, 4.69) is 10.5 Å². The van der Waals surface area contributed by atoms with E-state index in [4.69, 9.17) is 8.94 Å². The zero-order valence-electron chi connectivity index (χ0n) is 12.1. The van der Waals surface area contributed by atoms with Crippen LogP contribution in [0.15, 0.2) is 57.7 Å². The summed E-state index contributed by atoms with van der Waals surface area (Å²) in [6.07, 6.45) is 2.94. The molecule has 6 heteroatoms. The number of amides is 1. The van der Waals surface area contributed by atoms with Crippen molar-refractivity contribution in [2.45, 2.75) is 18.3 Å². The van der Waals surface area contributed by atoms with Crippen LogP contribution in [0.2, 0.25) is 0 Å². The number of carbonyl (C=O) groups is 1. The number of nitrogens with one attached hydrogen (secondary N) is 1. The molecule has 0 aliphatic heterocycles. The molecule has 2 aromatic heterocycles. The average Bonchev–Trinajstić information content (AvgIpc) is 2.99. The fourth-order valence-electron chi connectivity index (χ4n) is 2.54. The number of nitrogens with zero attached hydrogens (tertiary/aromatic N) is 1. The number of hydrogen-bond donors (Lipinski definition) is 1. The Bertz CT molecular complexity index is 833. The SMILES string of the molecule is O=C(Nc1ccc(F)cc1)C1(c2cc(-c3ccco3)on2)CC1. The molecule has 0 bridgehead atoms. The number of carbonyl (C=O) groups excluding carboxylic acids is 1. The first-order valence-electron chi connectivity index (χ1n) is 7.25. The molecule has 23 heavy (non-hydrogen) atoms. The van der Waals surface area contributed by atoms with Crippen LogP contribution < -0.4 is 5.32 Å². The topological polar surface area (TPSA) is 68.3 Å². The second kappa shape index (κ2) is 5.08. The van der Waals surface area contributed by atoms with Crippen LogP contribution in [0.5, 0.6) is 0 Å². The lowest BCUT2D eigenvalue weighted by atomic mass is 10.0. The van der Waals surface area contributed by atoms with Crippen molar-refractivity contribution in [1.82, 2.24) is 5.16 Å². The summed E-state index contributed by atoms with van der Waals surface area (Å²) in [5.41, 5.74) is 0.462. The van der Waals surface area contributed by atoms with Crippen LogP contribution in [-0.2, 0) is 10.2 Å². The molecule has 4 rings (SSSR count).